The molecule has 0 saturated heterocycles. The van der Waals surface area contributed by atoms with E-state index < -0.39 is 0 Å². The molecule has 0 bridgehead atoms. The Morgan fingerprint density at radius 2 is 2.21 bits per heavy atom. The Hall–Kier alpha value is -0.800. The van der Waals surface area contributed by atoms with Crippen LogP contribution in [0.1, 0.15) is 38.3 Å². The van der Waals surface area contributed by atoms with Gasteiger partial charge in [0.15, 0.2) is 0 Å². The number of fused-ring (bicyclic) bond motifs is 1. The third-order valence-corrected chi connectivity index (χ3v) is 4.70. The molecule has 1 fully saturated rings. The van der Waals surface area contributed by atoms with Crippen molar-refractivity contribution in [2.75, 3.05) is 19.8 Å². The Morgan fingerprint density at radius 1 is 1.32 bits per heavy atom. The van der Waals surface area contributed by atoms with Crippen LogP contribution in [0.3, 0.4) is 0 Å². The second kappa shape index (κ2) is 6.10. The predicted octanol–water partition coefficient (Wildman–Crippen LogP) is 2.90. The predicted molar refractivity (Wildman–Crippen MR) is 77.1 cm³/mol. The smallest absolute Gasteiger partial charge is 0.0469 e. The van der Waals surface area contributed by atoms with Gasteiger partial charge >= 0.3 is 0 Å². The molecule has 1 aliphatic carbocycles. The molecule has 0 unspecified atom stereocenters. The van der Waals surface area contributed by atoms with Gasteiger partial charge in [0.05, 0.1) is 0 Å². The molecule has 3 heteroatoms. The molecule has 3 rings (SSSR count). The van der Waals surface area contributed by atoms with E-state index in [4.69, 9.17) is 4.74 Å². The molecule has 106 valence electrons. The standard InChI is InChI=1S/C16H26N2O/c1-2-19-10-8-14-11-17-9-4-7-16(17)13-18(12-14)15-5-3-6-15/h4,7,9,14-15H,2-3,5-6,8,10-13H2,1H3/t14-/m1/s1. The Kier molecular flexibility index (Phi) is 4.24. The summed E-state index contributed by atoms with van der Waals surface area (Å²) < 4.78 is 8.01. The molecule has 0 spiro atoms. The Bertz CT molecular complexity index is 397. The summed E-state index contributed by atoms with van der Waals surface area (Å²) in [5.74, 6) is 0.737. The van der Waals surface area contributed by atoms with Crippen LogP contribution in [-0.4, -0.2) is 35.3 Å². The number of aromatic nitrogens is 1. The van der Waals surface area contributed by atoms with Crippen LogP contribution in [0, 0.1) is 5.92 Å². The zero-order valence-corrected chi connectivity index (χ0v) is 12.1. The SMILES string of the molecule is CCOCC[C@H]1CN(C2CCC2)Cc2cccn2C1. The molecule has 0 aromatic carbocycles. The number of hydrogen-bond acceptors (Lipinski definition) is 2. The van der Waals surface area contributed by atoms with Crippen molar-refractivity contribution in [3.8, 4) is 0 Å². The van der Waals surface area contributed by atoms with Crippen molar-refractivity contribution in [3.05, 3.63) is 24.0 Å². The molecule has 1 aliphatic heterocycles. The fraction of sp³-hybridized carbons (Fsp3) is 0.750. The van der Waals surface area contributed by atoms with Crippen LogP contribution in [0.15, 0.2) is 18.3 Å². The normalized spacial score (nSPS) is 24.8. The molecule has 1 aromatic heterocycles. The molecule has 0 amide bonds. The molecule has 0 radical (unpaired) electrons. The monoisotopic (exact) mass is 262 g/mol. The van der Waals surface area contributed by atoms with Crippen molar-refractivity contribution in [3.63, 3.8) is 0 Å². The lowest BCUT2D eigenvalue weighted by molar-refractivity contribution is 0.0841. The number of ether oxygens (including phenoxy) is 1. The quantitative estimate of drug-likeness (QED) is 0.759. The highest BCUT2D eigenvalue weighted by atomic mass is 16.5. The largest absolute Gasteiger partial charge is 0.382 e. The van der Waals surface area contributed by atoms with E-state index in [2.05, 4.69) is 34.7 Å². The molecule has 2 aliphatic rings. The van der Waals surface area contributed by atoms with E-state index in [0.29, 0.717) is 0 Å². The fourth-order valence-electron chi connectivity index (χ4n) is 3.32. The maximum atomic E-state index is 5.55. The molecular weight excluding hydrogens is 236 g/mol. The van der Waals surface area contributed by atoms with Crippen molar-refractivity contribution in [2.45, 2.75) is 51.7 Å². The summed E-state index contributed by atoms with van der Waals surface area (Å²) in [6, 6.07) is 5.33. The first-order valence-corrected chi connectivity index (χ1v) is 7.82. The van der Waals surface area contributed by atoms with Gasteiger partial charge in [0.1, 0.15) is 0 Å². The van der Waals surface area contributed by atoms with Gasteiger partial charge in [-0.15, -0.1) is 0 Å². The van der Waals surface area contributed by atoms with Gasteiger partial charge in [-0.3, -0.25) is 4.90 Å². The Labute approximate surface area is 116 Å². The minimum absolute atomic E-state index is 0.737. The zero-order chi connectivity index (χ0) is 13.1. The number of nitrogens with zero attached hydrogens (tertiary/aromatic N) is 2. The molecule has 19 heavy (non-hydrogen) atoms. The highest BCUT2D eigenvalue weighted by Crippen LogP contribution is 2.29. The first-order chi connectivity index (χ1) is 9.36. The molecular formula is C16H26N2O. The molecule has 0 N–H and O–H groups in total. The minimum atomic E-state index is 0.737. The first kappa shape index (κ1) is 13.2. The van der Waals surface area contributed by atoms with E-state index in [0.717, 1.165) is 31.7 Å². The summed E-state index contributed by atoms with van der Waals surface area (Å²) >= 11 is 0. The van der Waals surface area contributed by atoms with E-state index in [1.54, 1.807) is 0 Å². The van der Waals surface area contributed by atoms with Crippen molar-refractivity contribution in [1.82, 2.24) is 9.47 Å². The molecule has 1 aromatic rings. The average Bonchev–Trinajstić information content (AvgIpc) is 2.68. The van der Waals surface area contributed by atoms with Gasteiger partial charge in [-0.1, -0.05) is 6.42 Å². The van der Waals surface area contributed by atoms with Gasteiger partial charge < -0.3 is 9.30 Å². The third kappa shape index (κ3) is 3.03. The molecule has 1 atom stereocenters. The summed E-state index contributed by atoms with van der Waals surface area (Å²) in [6.45, 7) is 7.39. The second-order valence-corrected chi connectivity index (χ2v) is 6.02. The van der Waals surface area contributed by atoms with Crippen LogP contribution in [0.2, 0.25) is 0 Å². The van der Waals surface area contributed by atoms with Crippen LogP contribution in [0.4, 0.5) is 0 Å². The van der Waals surface area contributed by atoms with Gasteiger partial charge in [-0.2, -0.15) is 0 Å². The highest BCUT2D eigenvalue weighted by molar-refractivity contribution is 5.09. The Morgan fingerprint density at radius 3 is 2.95 bits per heavy atom. The summed E-state index contributed by atoms with van der Waals surface area (Å²) in [7, 11) is 0. The van der Waals surface area contributed by atoms with Crippen LogP contribution in [-0.2, 0) is 17.8 Å². The highest BCUT2D eigenvalue weighted by Gasteiger charge is 2.29. The van der Waals surface area contributed by atoms with Gasteiger partial charge in [-0.25, -0.2) is 0 Å². The average molecular weight is 262 g/mol. The van der Waals surface area contributed by atoms with Crippen molar-refractivity contribution >= 4 is 0 Å². The lowest BCUT2D eigenvalue weighted by Crippen LogP contribution is -2.41. The maximum absolute atomic E-state index is 5.55. The number of hydrogen-bond donors (Lipinski definition) is 0. The van der Waals surface area contributed by atoms with Crippen molar-refractivity contribution in [2.24, 2.45) is 5.92 Å². The summed E-state index contributed by atoms with van der Waals surface area (Å²) in [5, 5.41) is 0. The van der Waals surface area contributed by atoms with Crippen LogP contribution in [0.25, 0.3) is 0 Å². The van der Waals surface area contributed by atoms with Crippen molar-refractivity contribution in [1.29, 1.82) is 0 Å². The minimum Gasteiger partial charge on any atom is -0.382 e. The van der Waals surface area contributed by atoms with Crippen LogP contribution >= 0.6 is 0 Å². The van der Waals surface area contributed by atoms with E-state index >= 15 is 0 Å². The second-order valence-electron chi connectivity index (χ2n) is 6.02. The molecule has 2 heterocycles. The summed E-state index contributed by atoms with van der Waals surface area (Å²) in [6.07, 6.45) is 7.66. The van der Waals surface area contributed by atoms with Crippen molar-refractivity contribution < 1.29 is 4.74 Å². The summed E-state index contributed by atoms with van der Waals surface area (Å²) in [5.41, 5.74) is 1.49. The number of rotatable bonds is 5. The van der Waals surface area contributed by atoms with E-state index in [1.807, 2.05) is 0 Å². The Balaban J connectivity index is 1.67. The maximum Gasteiger partial charge on any atom is 0.0469 e. The lowest BCUT2D eigenvalue weighted by atomic mass is 9.90. The lowest BCUT2D eigenvalue weighted by Gasteiger charge is -2.38. The van der Waals surface area contributed by atoms with E-state index in [9.17, 15) is 0 Å². The first-order valence-electron chi connectivity index (χ1n) is 7.82. The topological polar surface area (TPSA) is 17.4 Å². The molecule has 3 nitrogen and oxygen atoms in total. The van der Waals surface area contributed by atoms with E-state index in [-0.39, 0.29) is 0 Å². The fourth-order valence-corrected chi connectivity index (χ4v) is 3.32. The van der Waals surface area contributed by atoms with Gasteiger partial charge in [-0.05, 0) is 44.2 Å². The van der Waals surface area contributed by atoms with Crippen LogP contribution < -0.4 is 0 Å². The zero-order valence-electron chi connectivity index (χ0n) is 12.1. The van der Waals surface area contributed by atoms with Gasteiger partial charge in [0.25, 0.3) is 0 Å². The summed E-state index contributed by atoms with van der Waals surface area (Å²) in [4.78, 5) is 2.72. The third-order valence-electron chi connectivity index (χ3n) is 4.70. The van der Waals surface area contributed by atoms with Gasteiger partial charge in [0, 0.05) is 50.8 Å². The van der Waals surface area contributed by atoms with E-state index in [1.165, 1.54) is 44.5 Å². The van der Waals surface area contributed by atoms with Crippen LogP contribution in [0.5, 0.6) is 0 Å². The molecule has 1 saturated carbocycles. The van der Waals surface area contributed by atoms with Gasteiger partial charge in [0.2, 0.25) is 0 Å².